The molecular formula is C12H22N4O2. The topological polar surface area (TPSA) is 79.9 Å². The monoisotopic (exact) mass is 254 g/mol. The van der Waals surface area contributed by atoms with Crippen LogP contribution in [-0.2, 0) is 4.74 Å². The number of aromatic nitrogens is 3. The van der Waals surface area contributed by atoms with Gasteiger partial charge in [-0.1, -0.05) is 27.7 Å². The van der Waals surface area contributed by atoms with E-state index in [0.717, 1.165) is 0 Å². The van der Waals surface area contributed by atoms with Crippen molar-refractivity contribution >= 4 is 5.91 Å². The molecule has 0 aliphatic heterocycles. The van der Waals surface area contributed by atoms with Gasteiger partial charge >= 0.3 is 0 Å². The van der Waals surface area contributed by atoms with E-state index in [1.54, 1.807) is 7.11 Å². The lowest BCUT2D eigenvalue weighted by atomic mass is 10.1. The van der Waals surface area contributed by atoms with Crippen LogP contribution in [0.25, 0.3) is 0 Å². The van der Waals surface area contributed by atoms with Crippen molar-refractivity contribution in [1.29, 1.82) is 0 Å². The molecule has 0 fully saturated rings. The Labute approximate surface area is 108 Å². The Morgan fingerprint density at radius 3 is 2.50 bits per heavy atom. The Bertz CT molecular complexity index is 387. The summed E-state index contributed by atoms with van der Waals surface area (Å²) < 4.78 is 5.08. The van der Waals surface area contributed by atoms with E-state index < -0.39 is 0 Å². The first-order chi connectivity index (χ1) is 8.45. The van der Waals surface area contributed by atoms with Gasteiger partial charge in [-0.25, -0.2) is 4.98 Å². The number of ether oxygens (including phenoxy) is 1. The lowest BCUT2D eigenvalue weighted by molar-refractivity contribution is 0.0857. The SMILES string of the molecule is COCC(NC(=O)c1n[nH]c(C(C)C)n1)C(C)C. The number of carbonyl (C=O) groups excluding carboxylic acids is 1. The summed E-state index contributed by atoms with van der Waals surface area (Å²) in [5.41, 5.74) is 0. The molecule has 1 rings (SSSR count). The first-order valence-electron chi connectivity index (χ1n) is 6.17. The predicted octanol–water partition coefficient (Wildman–Crippen LogP) is 1.33. The van der Waals surface area contributed by atoms with Gasteiger partial charge in [0.1, 0.15) is 5.82 Å². The maximum Gasteiger partial charge on any atom is 0.291 e. The third kappa shape index (κ3) is 3.80. The van der Waals surface area contributed by atoms with Gasteiger partial charge in [0.15, 0.2) is 0 Å². The first kappa shape index (κ1) is 14.6. The molecule has 1 amide bonds. The Hall–Kier alpha value is -1.43. The molecule has 0 saturated heterocycles. The highest BCUT2D eigenvalue weighted by atomic mass is 16.5. The molecule has 6 heteroatoms. The van der Waals surface area contributed by atoms with Crippen molar-refractivity contribution in [3.05, 3.63) is 11.6 Å². The zero-order chi connectivity index (χ0) is 13.7. The molecule has 1 aromatic rings. The molecular weight excluding hydrogens is 232 g/mol. The van der Waals surface area contributed by atoms with Crippen LogP contribution in [0, 0.1) is 5.92 Å². The molecule has 0 aliphatic carbocycles. The number of methoxy groups -OCH3 is 1. The van der Waals surface area contributed by atoms with Crippen molar-refractivity contribution in [2.45, 2.75) is 39.7 Å². The number of rotatable bonds is 6. The van der Waals surface area contributed by atoms with Crippen LogP contribution < -0.4 is 5.32 Å². The van der Waals surface area contributed by atoms with Crippen LogP contribution in [0.1, 0.15) is 50.1 Å². The molecule has 1 atom stereocenters. The molecule has 0 spiro atoms. The number of hydrogen-bond acceptors (Lipinski definition) is 4. The minimum absolute atomic E-state index is 0.0384. The van der Waals surface area contributed by atoms with E-state index in [1.165, 1.54) is 0 Å². The minimum Gasteiger partial charge on any atom is -0.383 e. The predicted molar refractivity (Wildman–Crippen MR) is 68.4 cm³/mol. The second-order valence-corrected chi connectivity index (χ2v) is 4.98. The molecule has 2 N–H and O–H groups in total. The van der Waals surface area contributed by atoms with Crippen LogP contribution in [-0.4, -0.2) is 40.8 Å². The number of aromatic amines is 1. The molecule has 0 radical (unpaired) electrons. The largest absolute Gasteiger partial charge is 0.383 e. The molecule has 0 aliphatic rings. The second kappa shape index (κ2) is 6.49. The van der Waals surface area contributed by atoms with Crippen LogP contribution in [0.5, 0.6) is 0 Å². The summed E-state index contributed by atoms with van der Waals surface area (Å²) in [5, 5.41) is 9.57. The molecule has 0 bridgehead atoms. The van der Waals surface area contributed by atoms with Gasteiger partial charge in [0.2, 0.25) is 5.82 Å². The summed E-state index contributed by atoms with van der Waals surface area (Å²) in [4.78, 5) is 16.1. The van der Waals surface area contributed by atoms with Crippen LogP contribution in [0.3, 0.4) is 0 Å². The maximum absolute atomic E-state index is 12.0. The van der Waals surface area contributed by atoms with Gasteiger partial charge in [-0.05, 0) is 5.92 Å². The summed E-state index contributed by atoms with van der Waals surface area (Å²) in [6.45, 7) is 8.52. The molecule has 6 nitrogen and oxygen atoms in total. The van der Waals surface area contributed by atoms with Crippen LogP contribution >= 0.6 is 0 Å². The van der Waals surface area contributed by atoms with E-state index in [9.17, 15) is 4.79 Å². The minimum atomic E-state index is -0.270. The fraction of sp³-hybridized carbons (Fsp3) is 0.750. The van der Waals surface area contributed by atoms with E-state index in [-0.39, 0.29) is 29.6 Å². The molecule has 1 aromatic heterocycles. The first-order valence-corrected chi connectivity index (χ1v) is 6.17. The highest BCUT2D eigenvalue weighted by Gasteiger charge is 2.20. The van der Waals surface area contributed by atoms with Crippen molar-refractivity contribution in [3.8, 4) is 0 Å². The van der Waals surface area contributed by atoms with Gasteiger partial charge in [-0.2, -0.15) is 0 Å². The van der Waals surface area contributed by atoms with E-state index in [1.807, 2.05) is 27.7 Å². The normalized spacial score (nSPS) is 13.1. The highest BCUT2D eigenvalue weighted by Crippen LogP contribution is 2.08. The Morgan fingerprint density at radius 1 is 1.39 bits per heavy atom. The van der Waals surface area contributed by atoms with Crippen LogP contribution in [0.4, 0.5) is 0 Å². The number of amides is 1. The standard InChI is InChI=1S/C12H22N4O2/c1-7(2)9(6-18-5)13-12(17)11-14-10(8(3)4)15-16-11/h7-9H,6H2,1-5H3,(H,13,17)(H,14,15,16). The molecule has 1 unspecified atom stereocenters. The quantitative estimate of drug-likeness (QED) is 0.802. The zero-order valence-corrected chi connectivity index (χ0v) is 11.7. The second-order valence-electron chi connectivity index (χ2n) is 4.98. The number of nitrogens with zero attached hydrogens (tertiary/aromatic N) is 2. The van der Waals surface area contributed by atoms with E-state index >= 15 is 0 Å². The lowest BCUT2D eigenvalue weighted by Crippen LogP contribution is -2.42. The summed E-state index contributed by atoms with van der Waals surface area (Å²) in [6.07, 6.45) is 0. The summed E-state index contributed by atoms with van der Waals surface area (Å²) in [6, 6.07) is -0.0384. The fourth-order valence-electron chi connectivity index (χ4n) is 1.45. The Morgan fingerprint density at radius 2 is 2.06 bits per heavy atom. The number of H-pyrrole nitrogens is 1. The summed E-state index contributed by atoms with van der Waals surface area (Å²) in [5.74, 6) is 1.14. The summed E-state index contributed by atoms with van der Waals surface area (Å²) in [7, 11) is 1.62. The third-order valence-corrected chi connectivity index (χ3v) is 2.72. The van der Waals surface area contributed by atoms with E-state index in [0.29, 0.717) is 12.4 Å². The van der Waals surface area contributed by atoms with Crippen molar-refractivity contribution in [2.75, 3.05) is 13.7 Å². The van der Waals surface area contributed by atoms with Gasteiger partial charge in [0, 0.05) is 13.0 Å². The third-order valence-electron chi connectivity index (χ3n) is 2.72. The average Bonchev–Trinajstić information content (AvgIpc) is 2.77. The van der Waals surface area contributed by atoms with Gasteiger partial charge in [-0.3, -0.25) is 9.89 Å². The van der Waals surface area contributed by atoms with Gasteiger partial charge in [0.05, 0.1) is 12.6 Å². The van der Waals surface area contributed by atoms with Crippen molar-refractivity contribution in [1.82, 2.24) is 20.5 Å². The maximum atomic E-state index is 12.0. The Balaban J connectivity index is 2.68. The van der Waals surface area contributed by atoms with Crippen molar-refractivity contribution in [2.24, 2.45) is 5.92 Å². The van der Waals surface area contributed by atoms with Crippen molar-refractivity contribution < 1.29 is 9.53 Å². The zero-order valence-electron chi connectivity index (χ0n) is 11.7. The van der Waals surface area contributed by atoms with E-state index in [4.69, 9.17) is 4.74 Å². The van der Waals surface area contributed by atoms with Gasteiger partial charge in [-0.15, -0.1) is 5.10 Å². The van der Waals surface area contributed by atoms with Crippen molar-refractivity contribution in [3.63, 3.8) is 0 Å². The number of hydrogen-bond donors (Lipinski definition) is 2. The summed E-state index contributed by atoms with van der Waals surface area (Å²) >= 11 is 0. The van der Waals surface area contributed by atoms with Gasteiger partial charge < -0.3 is 10.1 Å². The van der Waals surface area contributed by atoms with E-state index in [2.05, 4.69) is 20.5 Å². The fourth-order valence-corrected chi connectivity index (χ4v) is 1.45. The highest BCUT2D eigenvalue weighted by molar-refractivity contribution is 5.90. The molecule has 0 aromatic carbocycles. The van der Waals surface area contributed by atoms with Gasteiger partial charge in [0.25, 0.3) is 5.91 Å². The number of carbonyl (C=O) groups is 1. The molecule has 102 valence electrons. The average molecular weight is 254 g/mol. The van der Waals surface area contributed by atoms with Crippen LogP contribution in [0.2, 0.25) is 0 Å². The molecule has 18 heavy (non-hydrogen) atoms. The molecule has 1 heterocycles. The number of nitrogens with one attached hydrogen (secondary N) is 2. The lowest BCUT2D eigenvalue weighted by Gasteiger charge is -2.20. The molecule has 0 saturated carbocycles. The van der Waals surface area contributed by atoms with Crippen LogP contribution in [0.15, 0.2) is 0 Å². The Kier molecular flexibility index (Phi) is 5.27. The smallest absolute Gasteiger partial charge is 0.291 e.